The van der Waals surface area contributed by atoms with E-state index in [1.165, 1.54) is 30.4 Å². The lowest BCUT2D eigenvalue weighted by Gasteiger charge is -2.11. The fourth-order valence-electron chi connectivity index (χ4n) is 2.88. The van der Waals surface area contributed by atoms with Gasteiger partial charge in [-0.1, -0.05) is 94.8 Å². The number of ether oxygens (including phenoxy) is 2. The van der Waals surface area contributed by atoms with Crippen molar-refractivity contribution in [2.75, 3.05) is 13.2 Å². The molecule has 0 aromatic heterocycles. The van der Waals surface area contributed by atoms with E-state index >= 15 is 0 Å². The molecule has 2 unspecified atom stereocenters. The summed E-state index contributed by atoms with van der Waals surface area (Å²) in [6.45, 7) is 21.7. The van der Waals surface area contributed by atoms with E-state index in [1.54, 1.807) is 6.08 Å². The van der Waals surface area contributed by atoms with Crippen LogP contribution in [-0.2, 0) is 15.9 Å². The maximum atomic E-state index is 5.46. The first-order valence-electron chi connectivity index (χ1n) is 12.2. The van der Waals surface area contributed by atoms with Crippen molar-refractivity contribution in [2.24, 2.45) is 0 Å². The highest BCUT2D eigenvalue weighted by atomic mass is 16.5. The minimum absolute atomic E-state index is 0.332. The molecule has 0 aliphatic heterocycles. The van der Waals surface area contributed by atoms with Gasteiger partial charge in [-0.15, -0.1) is 0 Å². The van der Waals surface area contributed by atoms with E-state index in [2.05, 4.69) is 71.2 Å². The molecule has 2 heteroatoms. The lowest BCUT2D eigenvalue weighted by molar-refractivity contribution is 0.0705. The normalized spacial score (nSPS) is 12.5. The minimum Gasteiger partial charge on any atom is -0.379 e. The molecule has 1 aromatic carbocycles. The number of benzene rings is 1. The lowest BCUT2D eigenvalue weighted by atomic mass is 10.1. The third-order valence-electron chi connectivity index (χ3n) is 4.73. The molecule has 0 aliphatic rings. The molecule has 0 N–H and O–H groups in total. The number of hydrogen-bond donors (Lipinski definition) is 0. The van der Waals surface area contributed by atoms with Crippen LogP contribution in [0.15, 0.2) is 67.3 Å². The molecule has 2 atom stereocenters. The maximum absolute atomic E-state index is 5.46. The molecule has 31 heavy (non-hydrogen) atoms. The van der Waals surface area contributed by atoms with Gasteiger partial charge in [0.2, 0.25) is 0 Å². The predicted molar refractivity (Wildman–Crippen MR) is 140 cm³/mol. The quantitative estimate of drug-likeness (QED) is 0.275. The molecule has 0 aliphatic carbocycles. The summed E-state index contributed by atoms with van der Waals surface area (Å²) in [7, 11) is 0. The van der Waals surface area contributed by atoms with E-state index in [-0.39, 0.29) is 0 Å². The van der Waals surface area contributed by atoms with Crippen molar-refractivity contribution >= 4 is 0 Å². The standard InChI is InChI=1S/C12H18O.C12H20O.C5H12/c1-3-13-11(2)9-10-12-7-5-4-6-8-12;1-5-8-12(6-2)10-9-11(4)13-7-3;1-3-5-4-2/h4-8,11H,3,9-10H2,1-2H3;5-6,8,11H,1-2,7,9-10H2,3-4H3;3-5H2,1-2H3/b;12-8+;. The Hall–Kier alpha value is -1.64. The topological polar surface area (TPSA) is 18.5 Å². The second-order valence-electron chi connectivity index (χ2n) is 7.63. The van der Waals surface area contributed by atoms with E-state index in [0.29, 0.717) is 12.2 Å². The van der Waals surface area contributed by atoms with Gasteiger partial charge < -0.3 is 9.47 Å². The molecule has 0 saturated heterocycles. The summed E-state index contributed by atoms with van der Waals surface area (Å²) in [5.41, 5.74) is 2.62. The van der Waals surface area contributed by atoms with Gasteiger partial charge in [0.25, 0.3) is 0 Å². The minimum atomic E-state index is 0.332. The molecule has 1 rings (SSSR count). The van der Waals surface area contributed by atoms with Gasteiger partial charge in [-0.3, -0.25) is 0 Å². The molecule has 178 valence electrons. The summed E-state index contributed by atoms with van der Waals surface area (Å²) in [4.78, 5) is 0. The zero-order chi connectivity index (χ0) is 23.7. The second-order valence-corrected chi connectivity index (χ2v) is 7.63. The van der Waals surface area contributed by atoms with Gasteiger partial charge in [-0.2, -0.15) is 0 Å². The Bertz CT molecular complexity index is 531. The molecular formula is C29H50O2. The maximum Gasteiger partial charge on any atom is 0.0550 e. The molecule has 2 nitrogen and oxygen atoms in total. The average molecular weight is 431 g/mol. The zero-order valence-corrected chi connectivity index (χ0v) is 21.4. The number of hydrogen-bond acceptors (Lipinski definition) is 2. The number of aryl methyl sites for hydroxylation is 1. The fourth-order valence-corrected chi connectivity index (χ4v) is 2.88. The van der Waals surface area contributed by atoms with E-state index in [1.807, 2.05) is 26.0 Å². The number of unbranched alkanes of at least 4 members (excludes halogenated alkanes) is 2. The third-order valence-corrected chi connectivity index (χ3v) is 4.73. The Labute approximate surface area is 194 Å². The van der Waals surface area contributed by atoms with Gasteiger partial charge in [0.1, 0.15) is 0 Å². The molecule has 0 fully saturated rings. The highest BCUT2D eigenvalue weighted by Gasteiger charge is 2.01. The number of rotatable bonds is 14. The van der Waals surface area contributed by atoms with Crippen molar-refractivity contribution in [3.8, 4) is 0 Å². The van der Waals surface area contributed by atoms with Crippen molar-refractivity contribution in [3.63, 3.8) is 0 Å². The van der Waals surface area contributed by atoms with Crippen LogP contribution in [0, 0.1) is 0 Å². The molecule has 0 radical (unpaired) electrons. The van der Waals surface area contributed by atoms with Crippen LogP contribution < -0.4 is 0 Å². The molecular weight excluding hydrogens is 380 g/mol. The van der Waals surface area contributed by atoms with Crippen molar-refractivity contribution in [1.29, 1.82) is 0 Å². The van der Waals surface area contributed by atoms with E-state index in [4.69, 9.17) is 9.47 Å². The summed E-state index contributed by atoms with van der Waals surface area (Å²) >= 11 is 0. The van der Waals surface area contributed by atoms with Crippen molar-refractivity contribution in [1.82, 2.24) is 0 Å². The van der Waals surface area contributed by atoms with Crippen molar-refractivity contribution < 1.29 is 9.47 Å². The summed E-state index contributed by atoms with van der Waals surface area (Å²) in [5, 5.41) is 0. The van der Waals surface area contributed by atoms with Crippen LogP contribution in [0.5, 0.6) is 0 Å². The molecule has 0 saturated carbocycles. The van der Waals surface area contributed by atoms with E-state index < -0.39 is 0 Å². The van der Waals surface area contributed by atoms with Crippen LogP contribution in [0.2, 0.25) is 0 Å². The van der Waals surface area contributed by atoms with Crippen LogP contribution in [0.1, 0.15) is 85.6 Å². The van der Waals surface area contributed by atoms with Gasteiger partial charge in [0.15, 0.2) is 0 Å². The highest BCUT2D eigenvalue weighted by molar-refractivity contribution is 5.20. The van der Waals surface area contributed by atoms with Crippen LogP contribution in [0.4, 0.5) is 0 Å². The van der Waals surface area contributed by atoms with E-state index in [0.717, 1.165) is 38.9 Å². The number of allylic oxidation sites excluding steroid dienone is 4. The fraction of sp³-hybridized carbons (Fsp3) is 0.586. The smallest absolute Gasteiger partial charge is 0.0550 e. The van der Waals surface area contributed by atoms with Crippen LogP contribution in [-0.4, -0.2) is 25.4 Å². The summed E-state index contributed by atoms with van der Waals surface area (Å²) in [5.74, 6) is 0. The van der Waals surface area contributed by atoms with Gasteiger partial charge in [0, 0.05) is 13.2 Å². The van der Waals surface area contributed by atoms with Crippen LogP contribution in [0.3, 0.4) is 0 Å². The monoisotopic (exact) mass is 430 g/mol. The summed E-state index contributed by atoms with van der Waals surface area (Å²) < 4.78 is 10.9. The average Bonchev–Trinajstić information content (AvgIpc) is 2.78. The first-order valence-corrected chi connectivity index (χ1v) is 12.2. The first kappa shape index (κ1) is 31.5. The third kappa shape index (κ3) is 22.9. The van der Waals surface area contributed by atoms with Crippen molar-refractivity contribution in [3.05, 3.63) is 72.9 Å². The van der Waals surface area contributed by atoms with Crippen LogP contribution >= 0.6 is 0 Å². The Morgan fingerprint density at radius 3 is 1.84 bits per heavy atom. The summed E-state index contributed by atoms with van der Waals surface area (Å²) in [6, 6.07) is 10.5. The molecule has 1 aromatic rings. The van der Waals surface area contributed by atoms with Gasteiger partial charge >= 0.3 is 0 Å². The predicted octanol–water partition coefficient (Wildman–Crippen LogP) is 8.73. The van der Waals surface area contributed by atoms with Crippen LogP contribution in [0.25, 0.3) is 0 Å². The van der Waals surface area contributed by atoms with Crippen molar-refractivity contribution in [2.45, 2.75) is 98.7 Å². The Morgan fingerprint density at radius 2 is 1.42 bits per heavy atom. The first-order chi connectivity index (χ1) is 15.0. The SMILES string of the molecule is C=C/C=C(\C=C)CCC(C)OCC.CCCCC.CCOC(C)CCc1ccccc1. The largest absolute Gasteiger partial charge is 0.379 e. The molecule has 0 heterocycles. The van der Waals surface area contributed by atoms with E-state index in [9.17, 15) is 0 Å². The summed E-state index contributed by atoms with van der Waals surface area (Å²) in [6.07, 6.45) is 14.7. The Morgan fingerprint density at radius 1 is 0.871 bits per heavy atom. The Kier molecular flexibility index (Phi) is 25.1. The molecule has 0 bridgehead atoms. The van der Waals surface area contributed by atoms with Gasteiger partial charge in [-0.25, -0.2) is 0 Å². The lowest BCUT2D eigenvalue weighted by Crippen LogP contribution is -2.08. The highest BCUT2D eigenvalue weighted by Crippen LogP contribution is 2.10. The Balaban J connectivity index is 0. The second kappa shape index (κ2) is 24.6. The molecule has 0 spiro atoms. The van der Waals surface area contributed by atoms with Gasteiger partial charge in [0.05, 0.1) is 12.2 Å². The molecule has 0 amide bonds. The zero-order valence-electron chi connectivity index (χ0n) is 21.4. The van der Waals surface area contributed by atoms with Gasteiger partial charge in [-0.05, 0) is 64.5 Å².